The van der Waals surface area contributed by atoms with E-state index in [1.54, 1.807) is 6.08 Å². The molecule has 2 N–H and O–H groups in total. The van der Waals surface area contributed by atoms with Gasteiger partial charge in [0.25, 0.3) is 0 Å². The minimum atomic E-state index is -0.405. The van der Waals surface area contributed by atoms with Gasteiger partial charge >= 0.3 is 0 Å². The van der Waals surface area contributed by atoms with Crippen molar-refractivity contribution in [1.29, 1.82) is 0 Å². The standard InChI is InChI=1S/C9H18O3/c1-4-5-12-8(6-10)9(2,3)7-11/h4,8,10-11H,1,5-7H2,2-3H3. The first-order valence-electron chi connectivity index (χ1n) is 4.02. The van der Waals surface area contributed by atoms with Crippen molar-refractivity contribution in [3.63, 3.8) is 0 Å². The lowest BCUT2D eigenvalue weighted by molar-refractivity contribution is -0.0652. The number of ether oxygens (including phenoxy) is 1. The monoisotopic (exact) mass is 174 g/mol. The summed E-state index contributed by atoms with van der Waals surface area (Å²) in [6, 6.07) is 0. The van der Waals surface area contributed by atoms with Crippen LogP contribution in [0.2, 0.25) is 0 Å². The van der Waals surface area contributed by atoms with Gasteiger partial charge in [-0.3, -0.25) is 0 Å². The molecule has 0 bridgehead atoms. The molecule has 1 atom stereocenters. The van der Waals surface area contributed by atoms with E-state index in [1.807, 2.05) is 13.8 Å². The Balaban J connectivity index is 4.03. The average molecular weight is 174 g/mol. The zero-order chi connectivity index (χ0) is 9.61. The van der Waals surface area contributed by atoms with Gasteiger partial charge in [0.1, 0.15) is 0 Å². The summed E-state index contributed by atoms with van der Waals surface area (Å²) in [6.07, 6.45) is 1.29. The van der Waals surface area contributed by atoms with Crippen LogP contribution in [0.4, 0.5) is 0 Å². The van der Waals surface area contributed by atoms with Gasteiger partial charge in [0.05, 0.1) is 25.9 Å². The van der Waals surface area contributed by atoms with Crippen LogP contribution in [0.25, 0.3) is 0 Å². The van der Waals surface area contributed by atoms with Gasteiger partial charge in [-0.2, -0.15) is 0 Å². The maximum absolute atomic E-state index is 8.98. The van der Waals surface area contributed by atoms with Crippen molar-refractivity contribution in [2.24, 2.45) is 5.41 Å². The van der Waals surface area contributed by atoms with Gasteiger partial charge in [-0.15, -0.1) is 6.58 Å². The van der Waals surface area contributed by atoms with Crippen LogP contribution in [0, 0.1) is 5.41 Å². The minimum Gasteiger partial charge on any atom is -0.396 e. The smallest absolute Gasteiger partial charge is 0.0882 e. The Labute approximate surface area is 73.7 Å². The van der Waals surface area contributed by atoms with E-state index in [-0.39, 0.29) is 19.3 Å². The number of aliphatic hydroxyl groups excluding tert-OH is 2. The summed E-state index contributed by atoms with van der Waals surface area (Å²) in [5.74, 6) is 0. The second-order valence-electron chi connectivity index (χ2n) is 3.44. The molecule has 3 heteroatoms. The lowest BCUT2D eigenvalue weighted by atomic mass is 9.88. The zero-order valence-corrected chi connectivity index (χ0v) is 7.79. The molecular formula is C9H18O3. The van der Waals surface area contributed by atoms with Gasteiger partial charge < -0.3 is 14.9 Å². The highest BCUT2D eigenvalue weighted by molar-refractivity contribution is 4.79. The topological polar surface area (TPSA) is 49.7 Å². The van der Waals surface area contributed by atoms with Crippen LogP contribution in [0.15, 0.2) is 12.7 Å². The van der Waals surface area contributed by atoms with Crippen LogP contribution >= 0.6 is 0 Å². The van der Waals surface area contributed by atoms with Crippen LogP contribution < -0.4 is 0 Å². The van der Waals surface area contributed by atoms with Crippen LogP contribution in [0.3, 0.4) is 0 Å². The fraction of sp³-hybridized carbons (Fsp3) is 0.778. The van der Waals surface area contributed by atoms with E-state index in [1.165, 1.54) is 0 Å². The molecule has 0 aromatic carbocycles. The summed E-state index contributed by atoms with van der Waals surface area (Å²) in [5, 5.41) is 17.9. The molecule has 0 spiro atoms. The summed E-state index contributed by atoms with van der Waals surface area (Å²) >= 11 is 0. The van der Waals surface area contributed by atoms with Crippen LogP contribution in [0.5, 0.6) is 0 Å². The van der Waals surface area contributed by atoms with E-state index in [0.29, 0.717) is 6.61 Å². The second-order valence-corrected chi connectivity index (χ2v) is 3.44. The molecule has 0 saturated carbocycles. The van der Waals surface area contributed by atoms with Crippen LogP contribution in [-0.4, -0.2) is 36.1 Å². The van der Waals surface area contributed by atoms with Gasteiger partial charge in [0.15, 0.2) is 0 Å². The second kappa shape index (κ2) is 5.30. The summed E-state index contributed by atoms with van der Waals surface area (Å²) in [5.41, 5.74) is -0.405. The maximum Gasteiger partial charge on any atom is 0.0882 e. The normalized spacial score (nSPS) is 14.3. The van der Waals surface area contributed by atoms with Crippen LogP contribution in [-0.2, 0) is 4.74 Å². The molecule has 0 aliphatic carbocycles. The molecular weight excluding hydrogens is 156 g/mol. The summed E-state index contributed by atoms with van der Waals surface area (Å²) in [4.78, 5) is 0. The van der Waals surface area contributed by atoms with Crippen molar-refractivity contribution in [2.45, 2.75) is 20.0 Å². The van der Waals surface area contributed by atoms with E-state index in [0.717, 1.165) is 0 Å². The van der Waals surface area contributed by atoms with Crippen molar-refractivity contribution in [3.8, 4) is 0 Å². The predicted molar refractivity (Wildman–Crippen MR) is 47.9 cm³/mol. The lowest BCUT2D eigenvalue weighted by Crippen LogP contribution is -2.38. The highest BCUT2D eigenvalue weighted by Gasteiger charge is 2.28. The van der Waals surface area contributed by atoms with E-state index in [4.69, 9.17) is 14.9 Å². The minimum absolute atomic E-state index is 0.00459. The Kier molecular flexibility index (Phi) is 5.13. The Morgan fingerprint density at radius 1 is 1.50 bits per heavy atom. The molecule has 12 heavy (non-hydrogen) atoms. The highest BCUT2D eigenvalue weighted by atomic mass is 16.5. The van der Waals surface area contributed by atoms with Gasteiger partial charge in [0, 0.05) is 5.41 Å². The van der Waals surface area contributed by atoms with E-state index in [2.05, 4.69) is 6.58 Å². The molecule has 0 aliphatic heterocycles. The van der Waals surface area contributed by atoms with Gasteiger partial charge in [-0.25, -0.2) is 0 Å². The summed E-state index contributed by atoms with van der Waals surface area (Å²) in [7, 11) is 0. The Hall–Kier alpha value is -0.380. The Morgan fingerprint density at radius 2 is 2.08 bits per heavy atom. The van der Waals surface area contributed by atoms with Gasteiger partial charge in [0.2, 0.25) is 0 Å². The van der Waals surface area contributed by atoms with E-state index >= 15 is 0 Å². The fourth-order valence-electron chi connectivity index (χ4n) is 0.811. The molecule has 0 fully saturated rings. The maximum atomic E-state index is 8.98. The molecule has 0 rings (SSSR count). The largest absolute Gasteiger partial charge is 0.396 e. The Morgan fingerprint density at radius 3 is 2.42 bits per heavy atom. The molecule has 0 saturated heterocycles. The summed E-state index contributed by atoms with van der Waals surface area (Å²) < 4.78 is 5.27. The molecule has 0 aromatic rings. The first kappa shape index (κ1) is 11.6. The van der Waals surface area contributed by atoms with E-state index in [9.17, 15) is 0 Å². The van der Waals surface area contributed by atoms with Gasteiger partial charge in [-0.05, 0) is 0 Å². The third-order valence-corrected chi connectivity index (χ3v) is 1.86. The number of rotatable bonds is 6. The molecule has 1 unspecified atom stereocenters. The number of hydrogen-bond acceptors (Lipinski definition) is 3. The van der Waals surface area contributed by atoms with Crippen molar-refractivity contribution < 1.29 is 14.9 Å². The quantitative estimate of drug-likeness (QED) is 0.579. The van der Waals surface area contributed by atoms with Gasteiger partial charge in [-0.1, -0.05) is 19.9 Å². The molecule has 3 nitrogen and oxygen atoms in total. The zero-order valence-electron chi connectivity index (χ0n) is 7.79. The number of aliphatic hydroxyl groups is 2. The number of hydrogen-bond donors (Lipinski definition) is 2. The molecule has 0 aliphatic rings. The first-order chi connectivity index (χ1) is 5.58. The van der Waals surface area contributed by atoms with Crippen molar-refractivity contribution in [2.75, 3.05) is 19.8 Å². The van der Waals surface area contributed by atoms with Crippen molar-refractivity contribution >= 4 is 0 Å². The molecule has 72 valence electrons. The third kappa shape index (κ3) is 3.34. The SMILES string of the molecule is C=CCOC(CO)C(C)(C)CO. The predicted octanol–water partition coefficient (Wildman–Crippen LogP) is 0.568. The van der Waals surface area contributed by atoms with E-state index < -0.39 is 5.41 Å². The molecule has 0 amide bonds. The van der Waals surface area contributed by atoms with Crippen molar-refractivity contribution in [1.82, 2.24) is 0 Å². The lowest BCUT2D eigenvalue weighted by Gasteiger charge is -2.30. The highest BCUT2D eigenvalue weighted by Crippen LogP contribution is 2.21. The average Bonchev–Trinajstić information content (AvgIpc) is 2.05. The first-order valence-corrected chi connectivity index (χ1v) is 4.02. The molecule has 0 radical (unpaired) electrons. The third-order valence-electron chi connectivity index (χ3n) is 1.86. The molecule has 0 heterocycles. The Bertz CT molecular complexity index is 132. The van der Waals surface area contributed by atoms with Crippen LogP contribution in [0.1, 0.15) is 13.8 Å². The fourth-order valence-corrected chi connectivity index (χ4v) is 0.811. The summed E-state index contributed by atoms with van der Waals surface area (Å²) in [6.45, 7) is 7.51. The van der Waals surface area contributed by atoms with Crippen molar-refractivity contribution in [3.05, 3.63) is 12.7 Å². The molecule has 0 aromatic heterocycles.